The third kappa shape index (κ3) is 4.55. The number of alkyl halides is 1. The van der Waals surface area contributed by atoms with Gasteiger partial charge in [-0.15, -0.1) is 11.6 Å². The van der Waals surface area contributed by atoms with Crippen LogP contribution in [-0.4, -0.2) is 22.5 Å². The van der Waals surface area contributed by atoms with Gasteiger partial charge < -0.3 is 10.4 Å². The summed E-state index contributed by atoms with van der Waals surface area (Å²) < 4.78 is 0. The molecule has 0 radical (unpaired) electrons. The average molecular weight is 366 g/mol. The number of carboxylic acids is 1. The summed E-state index contributed by atoms with van der Waals surface area (Å²) in [6.45, 7) is 8.49. The van der Waals surface area contributed by atoms with Crippen molar-refractivity contribution in [2.75, 3.05) is 0 Å². The van der Waals surface area contributed by atoms with E-state index in [9.17, 15) is 14.7 Å². The van der Waals surface area contributed by atoms with Crippen LogP contribution in [0.25, 0.3) is 0 Å². The Hall–Kier alpha value is -1.55. The Morgan fingerprint density at radius 3 is 2.16 bits per heavy atom. The lowest BCUT2D eigenvalue weighted by Gasteiger charge is -2.42. The molecular weight excluding hydrogens is 338 g/mol. The molecule has 4 nitrogen and oxygen atoms in total. The van der Waals surface area contributed by atoms with Gasteiger partial charge in [-0.05, 0) is 49.5 Å². The lowest BCUT2D eigenvalue weighted by atomic mass is 9.67. The zero-order chi connectivity index (χ0) is 18.8. The van der Waals surface area contributed by atoms with Crippen molar-refractivity contribution in [1.82, 2.24) is 5.32 Å². The van der Waals surface area contributed by atoms with Gasteiger partial charge in [-0.25, -0.2) is 4.79 Å². The first-order valence-electron chi connectivity index (χ1n) is 8.81. The number of hydrogen-bond acceptors (Lipinski definition) is 2. The fourth-order valence-electron chi connectivity index (χ4n) is 3.55. The van der Waals surface area contributed by atoms with Crippen LogP contribution in [0.5, 0.6) is 0 Å². The summed E-state index contributed by atoms with van der Waals surface area (Å²) in [7, 11) is 0. The van der Waals surface area contributed by atoms with E-state index in [1.807, 2.05) is 19.1 Å². The van der Waals surface area contributed by atoms with Crippen LogP contribution in [-0.2, 0) is 9.59 Å². The molecule has 1 saturated carbocycles. The van der Waals surface area contributed by atoms with Gasteiger partial charge in [-0.1, -0.05) is 50.6 Å². The molecule has 0 spiro atoms. The van der Waals surface area contributed by atoms with Gasteiger partial charge in [0, 0.05) is 0 Å². The van der Waals surface area contributed by atoms with E-state index in [4.69, 9.17) is 11.6 Å². The summed E-state index contributed by atoms with van der Waals surface area (Å²) in [6, 6.07) is 7.38. The van der Waals surface area contributed by atoms with Crippen molar-refractivity contribution >= 4 is 23.5 Å². The third-order valence-electron chi connectivity index (χ3n) is 5.44. The minimum Gasteiger partial charge on any atom is -0.480 e. The summed E-state index contributed by atoms with van der Waals surface area (Å²) in [5.74, 6) is -0.955. The minimum absolute atomic E-state index is 0.144. The molecule has 2 N–H and O–H groups in total. The SMILES string of the molecule is Cc1ccc(C(Cl)C(=O)NC2(C(=O)O)CCC(C(C)(C)C)CC2)cc1. The molecule has 0 heterocycles. The molecule has 1 atom stereocenters. The van der Waals surface area contributed by atoms with Crippen LogP contribution in [0.2, 0.25) is 0 Å². The van der Waals surface area contributed by atoms with Crippen LogP contribution < -0.4 is 5.32 Å². The highest BCUT2D eigenvalue weighted by Crippen LogP contribution is 2.42. The first-order chi connectivity index (χ1) is 11.5. The van der Waals surface area contributed by atoms with Gasteiger partial charge >= 0.3 is 5.97 Å². The van der Waals surface area contributed by atoms with E-state index in [1.54, 1.807) is 12.1 Å². The topological polar surface area (TPSA) is 66.4 Å². The van der Waals surface area contributed by atoms with Crippen molar-refractivity contribution in [3.05, 3.63) is 35.4 Å². The lowest BCUT2D eigenvalue weighted by Crippen LogP contribution is -2.57. The number of nitrogens with one attached hydrogen (secondary N) is 1. The second-order valence-corrected chi connectivity index (χ2v) is 8.73. The largest absolute Gasteiger partial charge is 0.480 e. The van der Waals surface area contributed by atoms with E-state index in [1.165, 1.54) is 0 Å². The number of aliphatic carboxylic acids is 1. The molecule has 0 bridgehead atoms. The number of carboxylic acid groups (broad SMARTS) is 1. The van der Waals surface area contributed by atoms with Crippen molar-refractivity contribution in [1.29, 1.82) is 0 Å². The second-order valence-electron chi connectivity index (χ2n) is 8.29. The number of aryl methyl sites for hydroxylation is 1. The Morgan fingerprint density at radius 1 is 1.20 bits per heavy atom. The first-order valence-corrected chi connectivity index (χ1v) is 9.25. The molecule has 1 aromatic rings. The summed E-state index contributed by atoms with van der Waals surface area (Å²) in [5.41, 5.74) is 0.687. The van der Waals surface area contributed by atoms with Gasteiger partial charge in [0.05, 0.1) is 0 Å². The summed E-state index contributed by atoms with van der Waals surface area (Å²) in [5, 5.41) is 11.6. The fraction of sp³-hybridized carbons (Fsp3) is 0.600. The number of benzene rings is 1. The molecule has 1 amide bonds. The minimum atomic E-state index is -1.21. The standard InChI is InChI=1S/C20H28ClNO3/c1-13-5-7-14(8-6-13)16(21)17(23)22-20(18(24)25)11-9-15(10-12-20)19(2,3)4/h5-8,15-16H,9-12H2,1-4H3,(H,22,23)(H,24,25). The number of hydrogen-bond donors (Lipinski definition) is 2. The van der Waals surface area contributed by atoms with Crippen LogP contribution in [0.1, 0.15) is 63.0 Å². The van der Waals surface area contributed by atoms with Gasteiger partial charge in [0.25, 0.3) is 0 Å². The number of carbonyl (C=O) groups excluding carboxylic acids is 1. The number of carbonyl (C=O) groups is 2. The quantitative estimate of drug-likeness (QED) is 0.774. The van der Waals surface area contributed by atoms with Crippen molar-refractivity contribution in [2.24, 2.45) is 11.3 Å². The normalized spacial score (nSPS) is 25.2. The maximum atomic E-state index is 12.6. The lowest BCUT2D eigenvalue weighted by molar-refractivity contribution is -0.150. The molecule has 25 heavy (non-hydrogen) atoms. The molecule has 1 fully saturated rings. The van der Waals surface area contributed by atoms with Gasteiger partial charge in [-0.3, -0.25) is 4.79 Å². The first kappa shape index (κ1) is 19.8. The number of halogens is 1. The Morgan fingerprint density at radius 2 is 1.72 bits per heavy atom. The molecule has 0 aliphatic heterocycles. The van der Waals surface area contributed by atoms with Crippen LogP contribution in [0.4, 0.5) is 0 Å². The molecule has 1 unspecified atom stereocenters. The molecule has 138 valence electrons. The van der Waals surface area contributed by atoms with Gasteiger partial charge in [0.1, 0.15) is 10.9 Å². The third-order valence-corrected chi connectivity index (χ3v) is 5.89. The number of amides is 1. The summed E-state index contributed by atoms with van der Waals surface area (Å²) >= 11 is 6.29. The smallest absolute Gasteiger partial charge is 0.329 e. The number of rotatable bonds is 4. The van der Waals surface area contributed by atoms with E-state index in [0.29, 0.717) is 24.3 Å². The van der Waals surface area contributed by atoms with Gasteiger partial charge in [0.2, 0.25) is 5.91 Å². The van der Waals surface area contributed by atoms with Gasteiger partial charge in [-0.2, -0.15) is 0 Å². The molecule has 1 aliphatic carbocycles. The fourth-order valence-corrected chi connectivity index (χ4v) is 3.75. The Bertz CT molecular complexity index is 625. The van der Waals surface area contributed by atoms with Crippen LogP contribution >= 0.6 is 11.6 Å². The zero-order valence-corrected chi connectivity index (χ0v) is 16.2. The molecule has 1 aromatic carbocycles. The van der Waals surface area contributed by atoms with Crippen molar-refractivity contribution in [3.63, 3.8) is 0 Å². The highest BCUT2D eigenvalue weighted by atomic mass is 35.5. The van der Waals surface area contributed by atoms with Crippen molar-refractivity contribution in [3.8, 4) is 0 Å². The van der Waals surface area contributed by atoms with E-state index in [2.05, 4.69) is 26.1 Å². The maximum Gasteiger partial charge on any atom is 0.329 e. The predicted molar refractivity (Wildman–Crippen MR) is 99.7 cm³/mol. The Balaban J connectivity index is 2.10. The maximum absolute atomic E-state index is 12.6. The van der Waals surface area contributed by atoms with E-state index in [0.717, 1.165) is 18.4 Å². The molecule has 5 heteroatoms. The molecule has 1 aliphatic rings. The monoisotopic (exact) mass is 365 g/mol. The molecule has 0 saturated heterocycles. The van der Waals surface area contributed by atoms with Crippen LogP contribution in [0.15, 0.2) is 24.3 Å². The second kappa shape index (κ2) is 7.36. The predicted octanol–water partition coefficient (Wildman–Crippen LogP) is 4.45. The van der Waals surface area contributed by atoms with Crippen LogP contribution in [0.3, 0.4) is 0 Å². The molecule has 0 aromatic heterocycles. The van der Waals surface area contributed by atoms with Crippen molar-refractivity contribution in [2.45, 2.75) is 64.3 Å². The molecule has 2 rings (SSSR count). The summed E-state index contributed by atoms with van der Waals surface area (Å²) in [4.78, 5) is 24.5. The molecular formula is C20H28ClNO3. The van der Waals surface area contributed by atoms with Gasteiger partial charge in [0.15, 0.2) is 0 Å². The summed E-state index contributed by atoms with van der Waals surface area (Å²) in [6.07, 6.45) is 2.45. The van der Waals surface area contributed by atoms with E-state index in [-0.39, 0.29) is 5.41 Å². The van der Waals surface area contributed by atoms with E-state index < -0.39 is 22.8 Å². The van der Waals surface area contributed by atoms with Crippen LogP contribution in [0, 0.1) is 18.3 Å². The average Bonchev–Trinajstić information content (AvgIpc) is 2.54. The Labute approximate surface area is 155 Å². The van der Waals surface area contributed by atoms with E-state index >= 15 is 0 Å². The highest BCUT2D eigenvalue weighted by molar-refractivity contribution is 6.31. The highest BCUT2D eigenvalue weighted by Gasteiger charge is 2.45. The Kier molecular flexibility index (Phi) is 5.82. The zero-order valence-electron chi connectivity index (χ0n) is 15.4. The van der Waals surface area contributed by atoms with Crippen molar-refractivity contribution < 1.29 is 14.7 Å².